The molecule has 8 nitrogen and oxygen atoms in total. The van der Waals surface area contributed by atoms with Crippen molar-refractivity contribution in [3.05, 3.63) is 52.3 Å². The van der Waals surface area contributed by atoms with E-state index in [0.29, 0.717) is 31.1 Å². The van der Waals surface area contributed by atoms with E-state index in [1.54, 1.807) is 26.1 Å². The number of pyridine rings is 1. The number of ether oxygens (including phenoxy) is 1. The number of hydrogen-bond donors (Lipinski definition) is 1. The molecule has 154 valence electrons. The summed E-state index contributed by atoms with van der Waals surface area (Å²) in [6.07, 6.45) is 2.18. The average Bonchev–Trinajstić information content (AvgIpc) is 3.56. The number of hydrogen-bond acceptors (Lipinski definition) is 6. The van der Waals surface area contributed by atoms with E-state index in [9.17, 15) is 14.4 Å². The molecule has 1 aromatic carbocycles. The third-order valence-electron chi connectivity index (χ3n) is 4.99. The van der Waals surface area contributed by atoms with Gasteiger partial charge in [0.05, 0.1) is 12.3 Å². The molecule has 0 unspecified atom stereocenters. The van der Waals surface area contributed by atoms with Crippen LogP contribution >= 0.6 is 0 Å². The van der Waals surface area contributed by atoms with Crippen LogP contribution in [0, 0.1) is 0 Å². The van der Waals surface area contributed by atoms with Gasteiger partial charge in [0.2, 0.25) is 6.41 Å². The minimum absolute atomic E-state index is 0.0843. The highest BCUT2D eigenvalue weighted by Gasteiger charge is 2.36. The van der Waals surface area contributed by atoms with Crippen molar-refractivity contribution in [3.8, 4) is 0 Å². The zero-order chi connectivity index (χ0) is 21.0. The van der Waals surface area contributed by atoms with Gasteiger partial charge in [-0.15, -0.1) is 0 Å². The monoisotopic (exact) mass is 398 g/mol. The number of nitrogens with one attached hydrogen (secondary N) is 1. The fourth-order valence-electron chi connectivity index (χ4n) is 3.27. The predicted octanol–water partition coefficient (Wildman–Crippen LogP) is 1.97. The van der Waals surface area contributed by atoms with Crippen molar-refractivity contribution in [1.29, 1.82) is 0 Å². The number of benzene rings is 1. The molecule has 1 fully saturated rings. The van der Waals surface area contributed by atoms with Gasteiger partial charge in [0.1, 0.15) is 11.4 Å². The molecule has 0 bridgehead atoms. The van der Waals surface area contributed by atoms with Gasteiger partial charge < -0.3 is 15.0 Å². The number of imide groups is 1. The Hall–Kier alpha value is -3.13. The normalized spacial score (nSPS) is 13.1. The first-order valence-corrected chi connectivity index (χ1v) is 9.53. The van der Waals surface area contributed by atoms with Crippen molar-refractivity contribution < 1.29 is 14.3 Å². The zero-order valence-electron chi connectivity index (χ0n) is 16.9. The second kappa shape index (κ2) is 8.91. The van der Waals surface area contributed by atoms with E-state index in [2.05, 4.69) is 5.32 Å². The number of nitrogens with zero attached hydrogens (tertiary/aromatic N) is 3. The Balaban J connectivity index is 2.17. The smallest absolute Gasteiger partial charge is 0.266 e. The van der Waals surface area contributed by atoms with Gasteiger partial charge in [-0.3, -0.25) is 23.9 Å². The van der Waals surface area contributed by atoms with Crippen LogP contribution in [0.25, 0.3) is 0 Å². The molecule has 1 saturated carbocycles. The molecule has 1 aliphatic rings. The standard InChI is InChI=1S/C21H26N4O4/c1-23(15-7-5-4-6-8-15)20-19(21(28)25(14-26)16-9-10-16)17(22-11-12-29-3)13-18(27)24(20)2/h4-8,13-14,16,22H,9-12H2,1-3H3. The zero-order valence-corrected chi connectivity index (χ0v) is 16.9. The van der Waals surface area contributed by atoms with Crippen molar-refractivity contribution >= 4 is 29.5 Å². The van der Waals surface area contributed by atoms with Gasteiger partial charge in [0, 0.05) is 45.5 Å². The molecule has 0 saturated heterocycles. The van der Waals surface area contributed by atoms with Gasteiger partial charge in [-0.25, -0.2) is 0 Å². The van der Waals surface area contributed by atoms with Crippen molar-refractivity contribution in [3.63, 3.8) is 0 Å². The predicted molar refractivity (Wildman–Crippen MR) is 112 cm³/mol. The Kier molecular flexibility index (Phi) is 6.33. The third-order valence-corrected chi connectivity index (χ3v) is 4.99. The summed E-state index contributed by atoms with van der Waals surface area (Å²) in [6, 6.07) is 10.7. The molecule has 1 aromatic heterocycles. The Morgan fingerprint density at radius 2 is 2.00 bits per heavy atom. The van der Waals surface area contributed by atoms with Crippen LogP contribution in [0.3, 0.4) is 0 Å². The van der Waals surface area contributed by atoms with E-state index in [4.69, 9.17) is 4.74 Å². The molecule has 2 aromatic rings. The lowest BCUT2D eigenvalue weighted by Crippen LogP contribution is -2.36. The second-order valence-electron chi connectivity index (χ2n) is 7.02. The quantitative estimate of drug-likeness (QED) is 0.514. The number of amides is 2. The van der Waals surface area contributed by atoms with Crippen LogP contribution in [0.5, 0.6) is 0 Å². The van der Waals surface area contributed by atoms with E-state index in [1.165, 1.54) is 15.5 Å². The highest BCUT2D eigenvalue weighted by Crippen LogP contribution is 2.34. The number of aromatic nitrogens is 1. The number of carbonyl (C=O) groups is 2. The van der Waals surface area contributed by atoms with Gasteiger partial charge in [0.25, 0.3) is 11.5 Å². The van der Waals surface area contributed by atoms with Gasteiger partial charge in [-0.05, 0) is 25.0 Å². The van der Waals surface area contributed by atoms with E-state index in [1.807, 2.05) is 30.3 Å². The van der Waals surface area contributed by atoms with E-state index in [-0.39, 0.29) is 17.2 Å². The van der Waals surface area contributed by atoms with Crippen LogP contribution in [-0.4, -0.2) is 55.1 Å². The molecular weight excluding hydrogens is 372 g/mol. The number of para-hydroxylation sites is 1. The molecule has 0 radical (unpaired) electrons. The Labute approximate surface area is 169 Å². The Morgan fingerprint density at radius 3 is 2.59 bits per heavy atom. The van der Waals surface area contributed by atoms with Crippen LogP contribution in [0.15, 0.2) is 41.2 Å². The largest absolute Gasteiger partial charge is 0.383 e. The molecule has 0 atom stereocenters. The molecule has 1 aliphatic carbocycles. The summed E-state index contributed by atoms with van der Waals surface area (Å²) in [6.45, 7) is 0.829. The summed E-state index contributed by atoms with van der Waals surface area (Å²) in [5.41, 5.74) is 1.23. The maximum absolute atomic E-state index is 13.4. The molecular formula is C21H26N4O4. The average molecular weight is 398 g/mol. The lowest BCUT2D eigenvalue weighted by atomic mass is 10.1. The molecule has 0 aliphatic heterocycles. The fourth-order valence-corrected chi connectivity index (χ4v) is 3.27. The molecule has 29 heavy (non-hydrogen) atoms. The highest BCUT2D eigenvalue weighted by molar-refractivity contribution is 6.08. The molecule has 3 rings (SSSR count). The lowest BCUT2D eigenvalue weighted by molar-refractivity contribution is -0.116. The third kappa shape index (κ3) is 4.32. The van der Waals surface area contributed by atoms with Crippen molar-refractivity contribution in [2.45, 2.75) is 18.9 Å². The minimum atomic E-state index is -0.421. The first-order valence-electron chi connectivity index (χ1n) is 9.53. The highest BCUT2D eigenvalue weighted by atomic mass is 16.5. The number of anilines is 3. The minimum Gasteiger partial charge on any atom is -0.383 e. The maximum atomic E-state index is 13.4. The number of methoxy groups -OCH3 is 1. The summed E-state index contributed by atoms with van der Waals surface area (Å²) >= 11 is 0. The van der Waals surface area contributed by atoms with Gasteiger partial charge in [-0.1, -0.05) is 18.2 Å². The molecule has 2 amide bonds. The maximum Gasteiger partial charge on any atom is 0.266 e. The van der Waals surface area contributed by atoms with Crippen LogP contribution in [-0.2, 0) is 16.6 Å². The summed E-state index contributed by atoms with van der Waals surface area (Å²) in [7, 11) is 4.99. The lowest BCUT2D eigenvalue weighted by Gasteiger charge is -2.28. The van der Waals surface area contributed by atoms with Crippen molar-refractivity contribution in [1.82, 2.24) is 9.47 Å². The summed E-state index contributed by atoms with van der Waals surface area (Å²) < 4.78 is 6.50. The molecule has 1 N–H and O–H groups in total. The van der Waals surface area contributed by atoms with Crippen LogP contribution in [0.4, 0.5) is 17.2 Å². The van der Waals surface area contributed by atoms with Crippen LogP contribution in [0.2, 0.25) is 0 Å². The second-order valence-corrected chi connectivity index (χ2v) is 7.02. The van der Waals surface area contributed by atoms with Crippen LogP contribution < -0.4 is 15.8 Å². The Bertz CT molecular complexity index is 938. The summed E-state index contributed by atoms with van der Waals surface area (Å²) in [5, 5.41) is 3.12. The van der Waals surface area contributed by atoms with E-state index >= 15 is 0 Å². The fraction of sp³-hybridized carbons (Fsp3) is 0.381. The van der Waals surface area contributed by atoms with E-state index in [0.717, 1.165) is 18.5 Å². The summed E-state index contributed by atoms with van der Waals surface area (Å²) in [5.74, 6) is -0.00286. The molecule has 1 heterocycles. The molecule has 0 spiro atoms. The molecule has 8 heteroatoms. The van der Waals surface area contributed by atoms with Crippen molar-refractivity contribution in [2.75, 3.05) is 37.5 Å². The Morgan fingerprint density at radius 1 is 1.31 bits per heavy atom. The summed E-state index contributed by atoms with van der Waals surface area (Å²) in [4.78, 5) is 40.7. The first kappa shape index (κ1) is 20.6. The first-order chi connectivity index (χ1) is 14.0. The van der Waals surface area contributed by atoms with Gasteiger partial charge in [-0.2, -0.15) is 0 Å². The van der Waals surface area contributed by atoms with Gasteiger partial charge >= 0.3 is 0 Å². The van der Waals surface area contributed by atoms with Crippen molar-refractivity contribution in [2.24, 2.45) is 7.05 Å². The SMILES string of the molecule is COCCNc1cc(=O)n(C)c(N(C)c2ccccc2)c1C(=O)N(C=O)C1CC1. The number of carbonyl (C=O) groups excluding carboxylic acids is 2. The topological polar surface area (TPSA) is 83.9 Å². The number of rotatable bonds is 9. The van der Waals surface area contributed by atoms with Gasteiger partial charge in [0.15, 0.2) is 0 Å². The van der Waals surface area contributed by atoms with E-state index < -0.39 is 5.91 Å². The van der Waals surface area contributed by atoms with Crippen LogP contribution in [0.1, 0.15) is 23.2 Å².